The largest absolute Gasteiger partial charge is 0.511 e. The van der Waals surface area contributed by atoms with Gasteiger partial charge in [0.05, 0.1) is 0 Å². The molecule has 164 valence electrons. The first-order valence-electron chi connectivity index (χ1n) is 9.86. The average molecular weight is 428 g/mol. The maximum absolute atomic E-state index is 12.6. The number of aliphatic imine (C=N–C) groups is 1. The normalized spacial score (nSPS) is 21.4. The van der Waals surface area contributed by atoms with Gasteiger partial charge in [-0.25, -0.2) is 8.42 Å². The van der Waals surface area contributed by atoms with Gasteiger partial charge in [0.25, 0.3) is 0 Å². The molecular weight excluding hydrogens is 395 g/mol. The molecule has 1 heterocycles. The number of hydrogen-bond donors (Lipinski definition) is 2. The van der Waals surface area contributed by atoms with E-state index in [9.17, 15) is 21.6 Å². The molecule has 0 bridgehead atoms. The molecule has 28 heavy (non-hydrogen) atoms. The van der Waals surface area contributed by atoms with Crippen molar-refractivity contribution >= 4 is 16.0 Å². The number of rotatable bonds is 7. The Hall–Kier alpha value is -1.07. The van der Waals surface area contributed by atoms with E-state index in [1.54, 1.807) is 7.05 Å². The Morgan fingerprint density at radius 1 is 1.14 bits per heavy atom. The summed E-state index contributed by atoms with van der Waals surface area (Å²) >= 11 is 0. The van der Waals surface area contributed by atoms with Crippen LogP contribution in [0.3, 0.4) is 0 Å². The maximum atomic E-state index is 12.6. The second kappa shape index (κ2) is 10.1. The van der Waals surface area contributed by atoms with Crippen molar-refractivity contribution in [3.63, 3.8) is 0 Å². The summed E-state index contributed by atoms with van der Waals surface area (Å²) in [5, 5.41) is 6.45. The van der Waals surface area contributed by atoms with Crippen LogP contribution in [-0.4, -0.2) is 82.0 Å². The first-order valence-corrected chi connectivity index (χ1v) is 11.3. The second-order valence-corrected chi connectivity index (χ2v) is 9.52. The summed E-state index contributed by atoms with van der Waals surface area (Å²) in [6.07, 6.45) is 5.90. The van der Waals surface area contributed by atoms with Crippen LogP contribution in [0, 0.1) is 5.92 Å². The van der Waals surface area contributed by atoms with Crippen molar-refractivity contribution in [2.24, 2.45) is 10.9 Å². The third-order valence-corrected chi connectivity index (χ3v) is 7.32. The number of hydrogen-bond acceptors (Lipinski definition) is 4. The highest BCUT2D eigenvalue weighted by Crippen LogP contribution is 2.30. The van der Waals surface area contributed by atoms with E-state index in [4.69, 9.17) is 0 Å². The highest BCUT2D eigenvalue weighted by atomic mass is 32.2. The minimum atomic E-state index is -5.23. The molecule has 0 spiro atoms. The number of sulfonamides is 1. The van der Waals surface area contributed by atoms with Crippen LogP contribution < -0.4 is 10.6 Å². The second-order valence-electron chi connectivity index (χ2n) is 7.59. The minimum absolute atomic E-state index is 0.105. The van der Waals surface area contributed by atoms with Gasteiger partial charge < -0.3 is 15.5 Å². The third kappa shape index (κ3) is 6.21. The Bertz CT molecular complexity index is 613. The highest BCUT2D eigenvalue weighted by molar-refractivity contribution is 7.90. The van der Waals surface area contributed by atoms with E-state index in [1.807, 2.05) is 0 Å². The topological polar surface area (TPSA) is 77.0 Å². The van der Waals surface area contributed by atoms with Gasteiger partial charge >= 0.3 is 15.5 Å². The van der Waals surface area contributed by atoms with Crippen molar-refractivity contribution in [2.45, 2.75) is 50.1 Å². The van der Waals surface area contributed by atoms with E-state index < -0.39 is 15.5 Å². The predicted octanol–water partition coefficient (Wildman–Crippen LogP) is 1.59. The SMILES string of the molecule is CN=C(NCCN(C)C1CCCC1)NCC1CCN(S(=O)(=O)C(F)(F)F)CC1. The van der Waals surface area contributed by atoms with E-state index in [0.717, 1.165) is 13.1 Å². The van der Waals surface area contributed by atoms with E-state index >= 15 is 0 Å². The first kappa shape index (κ1) is 23.2. The molecular formula is C17H32F3N5O2S. The fraction of sp³-hybridized carbons (Fsp3) is 0.941. The van der Waals surface area contributed by atoms with Crippen LogP contribution in [0.5, 0.6) is 0 Å². The fourth-order valence-corrected chi connectivity index (χ4v) is 4.82. The Labute approximate surface area is 165 Å². The van der Waals surface area contributed by atoms with Crippen LogP contribution >= 0.6 is 0 Å². The molecule has 2 fully saturated rings. The fourth-order valence-electron chi connectivity index (χ4n) is 3.84. The lowest BCUT2D eigenvalue weighted by atomic mass is 9.98. The number of guanidine groups is 1. The molecule has 0 aromatic heterocycles. The summed E-state index contributed by atoms with van der Waals surface area (Å²) in [7, 11) is -1.40. The molecule has 11 heteroatoms. The average Bonchev–Trinajstić information content (AvgIpc) is 3.18. The number of nitrogens with one attached hydrogen (secondary N) is 2. The molecule has 0 atom stereocenters. The molecule has 1 saturated heterocycles. The van der Waals surface area contributed by atoms with E-state index in [2.05, 4.69) is 27.6 Å². The van der Waals surface area contributed by atoms with Gasteiger partial charge in [0.2, 0.25) is 0 Å². The third-order valence-electron chi connectivity index (χ3n) is 5.69. The Balaban J connectivity index is 1.67. The molecule has 7 nitrogen and oxygen atoms in total. The molecule has 0 radical (unpaired) electrons. The lowest BCUT2D eigenvalue weighted by Gasteiger charge is -2.31. The maximum Gasteiger partial charge on any atom is 0.511 e. The molecule has 0 amide bonds. The quantitative estimate of drug-likeness (QED) is 0.477. The van der Waals surface area contributed by atoms with E-state index in [0.29, 0.717) is 35.7 Å². The van der Waals surface area contributed by atoms with E-state index in [1.165, 1.54) is 25.7 Å². The van der Waals surface area contributed by atoms with Crippen molar-refractivity contribution in [1.82, 2.24) is 19.8 Å². The van der Waals surface area contributed by atoms with Gasteiger partial charge in [0, 0.05) is 45.8 Å². The monoisotopic (exact) mass is 427 g/mol. The first-order chi connectivity index (χ1) is 13.1. The number of halogens is 3. The van der Waals surface area contributed by atoms with Crippen molar-refractivity contribution in [2.75, 3.05) is 46.8 Å². The Morgan fingerprint density at radius 3 is 2.29 bits per heavy atom. The van der Waals surface area contributed by atoms with Crippen LogP contribution in [0.25, 0.3) is 0 Å². The zero-order chi connectivity index (χ0) is 20.8. The lowest BCUT2D eigenvalue weighted by molar-refractivity contribution is -0.0496. The van der Waals surface area contributed by atoms with E-state index in [-0.39, 0.29) is 19.0 Å². The summed E-state index contributed by atoms with van der Waals surface area (Å²) in [6, 6.07) is 0.662. The molecule has 2 rings (SSSR count). The molecule has 0 unspecified atom stereocenters. The van der Waals surface area contributed by atoms with Crippen LogP contribution in [0.1, 0.15) is 38.5 Å². The number of nitrogens with zero attached hydrogens (tertiary/aromatic N) is 3. The highest BCUT2D eigenvalue weighted by Gasteiger charge is 2.50. The van der Waals surface area contributed by atoms with Crippen molar-refractivity contribution in [1.29, 1.82) is 0 Å². The Kier molecular flexibility index (Phi) is 8.38. The van der Waals surface area contributed by atoms with Gasteiger partial charge in [-0.05, 0) is 38.6 Å². The molecule has 2 aliphatic rings. The zero-order valence-corrected chi connectivity index (χ0v) is 17.4. The van der Waals surface area contributed by atoms with Gasteiger partial charge in [-0.15, -0.1) is 0 Å². The smallest absolute Gasteiger partial charge is 0.356 e. The van der Waals surface area contributed by atoms with Gasteiger partial charge in [-0.2, -0.15) is 17.5 Å². The lowest BCUT2D eigenvalue weighted by Crippen LogP contribution is -2.47. The summed E-state index contributed by atoms with van der Waals surface area (Å²) in [5.74, 6) is 0.768. The molecule has 1 saturated carbocycles. The summed E-state index contributed by atoms with van der Waals surface area (Å²) < 4.78 is 61.3. The van der Waals surface area contributed by atoms with Gasteiger partial charge in [0.15, 0.2) is 5.96 Å². The summed E-state index contributed by atoms with van der Waals surface area (Å²) in [6.45, 7) is 2.02. The van der Waals surface area contributed by atoms with Crippen LogP contribution in [0.2, 0.25) is 0 Å². The van der Waals surface area contributed by atoms with Crippen LogP contribution in [0.4, 0.5) is 13.2 Å². The van der Waals surface area contributed by atoms with Crippen molar-refractivity contribution < 1.29 is 21.6 Å². The van der Waals surface area contributed by atoms with Crippen molar-refractivity contribution in [3.8, 4) is 0 Å². The summed E-state index contributed by atoms with van der Waals surface area (Å²) in [4.78, 5) is 6.54. The number of alkyl halides is 3. The molecule has 1 aliphatic carbocycles. The van der Waals surface area contributed by atoms with Crippen LogP contribution in [0.15, 0.2) is 4.99 Å². The predicted molar refractivity (Wildman–Crippen MR) is 104 cm³/mol. The van der Waals surface area contributed by atoms with Gasteiger partial charge in [-0.1, -0.05) is 12.8 Å². The van der Waals surface area contributed by atoms with Gasteiger partial charge in [0.1, 0.15) is 0 Å². The minimum Gasteiger partial charge on any atom is -0.356 e. The van der Waals surface area contributed by atoms with Gasteiger partial charge in [-0.3, -0.25) is 4.99 Å². The zero-order valence-electron chi connectivity index (χ0n) is 16.6. The standard InChI is InChI=1S/C17H32F3N5O2S/c1-21-16(22-9-12-24(2)15-5-3-4-6-15)23-13-14-7-10-25(11-8-14)28(26,27)17(18,19)20/h14-15H,3-13H2,1-2H3,(H2,21,22,23). The summed E-state index contributed by atoms with van der Waals surface area (Å²) in [5.41, 5.74) is -5.23. The molecule has 2 N–H and O–H groups in total. The Morgan fingerprint density at radius 2 is 1.75 bits per heavy atom. The van der Waals surface area contributed by atoms with Crippen LogP contribution in [-0.2, 0) is 10.0 Å². The number of piperidine rings is 1. The molecule has 0 aromatic carbocycles. The molecule has 0 aromatic rings. The molecule has 1 aliphatic heterocycles. The number of likely N-dealkylation sites (N-methyl/N-ethyl adjacent to an activating group) is 1. The van der Waals surface area contributed by atoms with Crippen molar-refractivity contribution in [3.05, 3.63) is 0 Å².